The van der Waals surface area contributed by atoms with E-state index in [1.54, 1.807) is 48.5 Å². The normalized spacial score (nSPS) is 11.8. The van der Waals surface area contributed by atoms with Crippen molar-refractivity contribution >= 4 is 40.1 Å². The summed E-state index contributed by atoms with van der Waals surface area (Å²) in [6.07, 6.45) is -0.781. The van der Waals surface area contributed by atoms with Gasteiger partial charge < -0.3 is 15.0 Å². The SMILES string of the molecule is C[C@H](OC(=O)CCc1nc2ccccc2c(=O)[nH]1)C(=O)Nc1ccc(Cl)cc1. The minimum Gasteiger partial charge on any atom is -0.453 e. The molecule has 0 bridgehead atoms. The molecule has 0 aliphatic heterocycles. The van der Waals surface area contributed by atoms with Crippen molar-refractivity contribution in [3.63, 3.8) is 0 Å². The fraction of sp³-hybridized carbons (Fsp3) is 0.200. The third-order valence-electron chi connectivity index (χ3n) is 4.02. The lowest BCUT2D eigenvalue weighted by Gasteiger charge is -2.13. The summed E-state index contributed by atoms with van der Waals surface area (Å²) in [6.45, 7) is 1.49. The Balaban J connectivity index is 1.54. The third kappa shape index (κ3) is 4.95. The number of rotatable bonds is 6. The van der Waals surface area contributed by atoms with Crippen molar-refractivity contribution < 1.29 is 14.3 Å². The molecule has 1 aromatic heterocycles. The van der Waals surface area contributed by atoms with E-state index < -0.39 is 18.0 Å². The van der Waals surface area contributed by atoms with Crippen LogP contribution in [0.2, 0.25) is 5.02 Å². The number of fused-ring (bicyclic) bond motifs is 1. The number of aryl methyl sites for hydroxylation is 1. The van der Waals surface area contributed by atoms with Gasteiger partial charge in [0.05, 0.1) is 17.3 Å². The zero-order valence-electron chi connectivity index (χ0n) is 15.1. The first-order chi connectivity index (χ1) is 13.4. The minimum absolute atomic E-state index is 0.0140. The molecule has 2 N–H and O–H groups in total. The van der Waals surface area contributed by atoms with Crippen molar-refractivity contribution in [3.8, 4) is 0 Å². The molecular formula is C20H18ClN3O4. The molecule has 1 atom stereocenters. The Kier molecular flexibility index (Phi) is 6.06. The van der Waals surface area contributed by atoms with Crippen LogP contribution < -0.4 is 10.9 Å². The number of anilines is 1. The summed E-state index contributed by atoms with van der Waals surface area (Å²) in [5.74, 6) is -0.624. The molecule has 0 aliphatic carbocycles. The number of benzene rings is 2. The van der Waals surface area contributed by atoms with E-state index in [2.05, 4.69) is 15.3 Å². The molecule has 2 aromatic carbocycles. The largest absolute Gasteiger partial charge is 0.453 e. The second-order valence-electron chi connectivity index (χ2n) is 6.16. The highest BCUT2D eigenvalue weighted by Gasteiger charge is 2.18. The lowest BCUT2D eigenvalue weighted by Crippen LogP contribution is -2.30. The van der Waals surface area contributed by atoms with E-state index in [1.165, 1.54) is 6.92 Å². The first-order valence-electron chi connectivity index (χ1n) is 8.66. The van der Waals surface area contributed by atoms with Gasteiger partial charge in [0.25, 0.3) is 11.5 Å². The van der Waals surface area contributed by atoms with Gasteiger partial charge in [0, 0.05) is 17.1 Å². The molecule has 0 aliphatic rings. The summed E-state index contributed by atoms with van der Waals surface area (Å²) in [5, 5.41) is 3.68. The van der Waals surface area contributed by atoms with Crippen molar-refractivity contribution in [2.24, 2.45) is 0 Å². The molecule has 8 heteroatoms. The van der Waals surface area contributed by atoms with Gasteiger partial charge in [-0.25, -0.2) is 4.98 Å². The van der Waals surface area contributed by atoms with Gasteiger partial charge in [-0.05, 0) is 43.3 Å². The maximum Gasteiger partial charge on any atom is 0.307 e. The summed E-state index contributed by atoms with van der Waals surface area (Å²) in [6, 6.07) is 13.5. The van der Waals surface area contributed by atoms with Gasteiger partial charge in [0.15, 0.2) is 6.10 Å². The Bertz CT molecular complexity index is 1060. The summed E-state index contributed by atoms with van der Waals surface area (Å²) < 4.78 is 5.15. The smallest absolute Gasteiger partial charge is 0.307 e. The van der Waals surface area contributed by atoms with Crippen LogP contribution in [0.1, 0.15) is 19.2 Å². The summed E-state index contributed by atoms with van der Waals surface area (Å²) in [7, 11) is 0. The Hall–Kier alpha value is -3.19. The second-order valence-corrected chi connectivity index (χ2v) is 6.59. The van der Waals surface area contributed by atoms with Crippen LogP contribution in [0.15, 0.2) is 53.3 Å². The summed E-state index contributed by atoms with van der Waals surface area (Å²) in [5.41, 5.74) is 0.852. The van der Waals surface area contributed by atoms with E-state index in [1.807, 2.05) is 0 Å². The third-order valence-corrected chi connectivity index (χ3v) is 4.27. The Morgan fingerprint density at radius 3 is 2.64 bits per heavy atom. The van der Waals surface area contributed by atoms with Crippen LogP contribution in [0.5, 0.6) is 0 Å². The summed E-state index contributed by atoms with van der Waals surface area (Å²) >= 11 is 5.80. The van der Waals surface area contributed by atoms with Crippen molar-refractivity contribution in [2.75, 3.05) is 5.32 Å². The van der Waals surface area contributed by atoms with Gasteiger partial charge in [-0.15, -0.1) is 0 Å². The van der Waals surface area contributed by atoms with Crippen LogP contribution in [-0.2, 0) is 20.7 Å². The minimum atomic E-state index is -0.966. The first-order valence-corrected chi connectivity index (χ1v) is 9.04. The molecule has 0 saturated carbocycles. The van der Waals surface area contributed by atoms with Crippen molar-refractivity contribution in [2.45, 2.75) is 25.9 Å². The van der Waals surface area contributed by atoms with Crippen LogP contribution in [0.25, 0.3) is 10.9 Å². The van der Waals surface area contributed by atoms with Gasteiger partial charge in [-0.2, -0.15) is 0 Å². The van der Waals surface area contributed by atoms with Gasteiger partial charge >= 0.3 is 5.97 Å². The first kappa shape index (κ1) is 19.6. The fourth-order valence-corrected chi connectivity index (χ4v) is 2.69. The number of halogens is 1. The average molecular weight is 400 g/mol. The molecule has 1 heterocycles. The van der Waals surface area contributed by atoms with Crippen LogP contribution in [-0.4, -0.2) is 27.9 Å². The molecular weight excluding hydrogens is 382 g/mol. The van der Waals surface area contributed by atoms with Crippen molar-refractivity contribution in [3.05, 3.63) is 69.7 Å². The molecule has 1 amide bonds. The maximum absolute atomic E-state index is 12.1. The topological polar surface area (TPSA) is 101 Å². The predicted molar refractivity (Wildman–Crippen MR) is 106 cm³/mol. The van der Waals surface area contributed by atoms with Crippen LogP contribution >= 0.6 is 11.6 Å². The number of para-hydroxylation sites is 1. The molecule has 28 heavy (non-hydrogen) atoms. The number of nitrogens with one attached hydrogen (secondary N) is 2. The molecule has 0 saturated heterocycles. The number of aromatic amines is 1. The quantitative estimate of drug-likeness (QED) is 0.620. The number of carbonyl (C=O) groups excluding carboxylic acids is 2. The van der Waals surface area contributed by atoms with E-state index >= 15 is 0 Å². The van der Waals surface area contributed by atoms with Crippen LogP contribution in [0, 0.1) is 0 Å². The van der Waals surface area contributed by atoms with E-state index in [0.29, 0.717) is 27.4 Å². The molecule has 0 spiro atoms. The van der Waals surface area contributed by atoms with E-state index in [9.17, 15) is 14.4 Å². The van der Waals surface area contributed by atoms with Crippen molar-refractivity contribution in [1.29, 1.82) is 0 Å². The number of H-pyrrole nitrogens is 1. The van der Waals surface area contributed by atoms with Gasteiger partial charge in [0.2, 0.25) is 0 Å². The van der Waals surface area contributed by atoms with Gasteiger partial charge in [0.1, 0.15) is 5.82 Å². The van der Waals surface area contributed by atoms with E-state index in [4.69, 9.17) is 16.3 Å². The molecule has 7 nitrogen and oxygen atoms in total. The zero-order chi connectivity index (χ0) is 20.1. The highest BCUT2D eigenvalue weighted by molar-refractivity contribution is 6.30. The van der Waals surface area contributed by atoms with Gasteiger partial charge in [-0.1, -0.05) is 23.7 Å². The van der Waals surface area contributed by atoms with Crippen LogP contribution in [0.3, 0.4) is 0 Å². The number of amides is 1. The molecule has 0 unspecified atom stereocenters. The number of aromatic nitrogens is 2. The monoisotopic (exact) mass is 399 g/mol. The van der Waals surface area contributed by atoms with E-state index in [0.717, 1.165) is 0 Å². The number of hydrogen-bond donors (Lipinski definition) is 2. The molecule has 144 valence electrons. The number of ether oxygens (including phenoxy) is 1. The standard InChI is InChI=1S/C20H18ClN3O4/c1-12(19(26)22-14-8-6-13(21)7-9-14)28-18(25)11-10-17-23-16-5-3-2-4-15(16)20(27)24-17/h2-9,12H,10-11H2,1H3,(H,22,26)(H,23,24,27)/t12-/m0/s1. The Labute approximate surface area is 165 Å². The lowest BCUT2D eigenvalue weighted by atomic mass is 10.2. The van der Waals surface area contributed by atoms with Crippen molar-refractivity contribution in [1.82, 2.24) is 9.97 Å². The molecule has 0 fully saturated rings. The number of hydrogen-bond acceptors (Lipinski definition) is 5. The molecule has 3 rings (SSSR count). The number of nitrogens with zero attached hydrogens (tertiary/aromatic N) is 1. The summed E-state index contributed by atoms with van der Waals surface area (Å²) in [4.78, 5) is 43.2. The van der Waals surface area contributed by atoms with Gasteiger partial charge in [-0.3, -0.25) is 14.4 Å². The average Bonchev–Trinajstić information content (AvgIpc) is 2.68. The Morgan fingerprint density at radius 1 is 1.18 bits per heavy atom. The Morgan fingerprint density at radius 2 is 1.89 bits per heavy atom. The zero-order valence-corrected chi connectivity index (χ0v) is 15.8. The second kappa shape index (κ2) is 8.67. The fourth-order valence-electron chi connectivity index (χ4n) is 2.56. The molecule has 3 aromatic rings. The van der Waals surface area contributed by atoms with Crippen LogP contribution in [0.4, 0.5) is 5.69 Å². The highest BCUT2D eigenvalue weighted by Crippen LogP contribution is 2.14. The number of carbonyl (C=O) groups is 2. The highest BCUT2D eigenvalue weighted by atomic mass is 35.5. The van der Waals surface area contributed by atoms with E-state index in [-0.39, 0.29) is 18.4 Å². The lowest BCUT2D eigenvalue weighted by molar-refractivity contribution is -0.153. The maximum atomic E-state index is 12.1. The number of esters is 1. The molecule has 0 radical (unpaired) electrons. The predicted octanol–water partition coefficient (Wildman–Crippen LogP) is 3.08.